The first-order chi connectivity index (χ1) is 6.63. The van der Waals surface area contributed by atoms with E-state index >= 15 is 0 Å². The zero-order valence-electron chi connectivity index (χ0n) is 8.84. The Kier molecular flexibility index (Phi) is 2.18. The topological polar surface area (TPSA) is 17.1 Å². The molecule has 2 rings (SSSR count). The summed E-state index contributed by atoms with van der Waals surface area (Å²) in [5.41, 5.74) is 2.24. The lowest BCUT2D eigenvalue weighted by Gasteiger charge is -2.22. The maximum absolute atomic E-state index is 11.8. The number of hydrogen-bond donors (Lipinski definition) is 0. The van der Waals surface area contributed by atoms with Crippen LogP contribution >= 0.6 is 0 Å². The third kappa shape index (κ3) is 1.37. The van der Waals surface area contributed by atoms with Crippen LogP contribution in [0, 0.1) is 6.92 Å². The molecule has 0 spiro atoms. The molecular weight excluding hydrogens is 172 g/mol. The number of Topliss-reactive ketones (excluding diaryl/α,β-unsaturated/α-hetero) is 1. The SMILES string of the molecule is Cc1ccc([C@@]2(C)CCCC2=O)cc1. The molecule has 1 nitrogen and oxygen atoms in total. The second kappa shape index (κ2) is 3.23. The van der Waals surface area contributed by atoms with E-state index in [-0.39, 0.29) is 5.41 Å². The van der Waals surface area contributed by atoms with Crippen LogP contribution in [-0.2, 0) is 10.2 Å². The first kappa shape index (κ1) is 9.45. The molecule has 74 valence electrons. The van der Waals surface area contributed by atoms with Gasteiger partial charge in [0.05, 0.1) is 5.41 Å². The maximum atomic E-state index is 11.8. The van der Waals surface area contributed by atoms with Gasteiger partial charge in [0.25, 0.3) is 0 Å². The van der Waals surface area contributed by atoms with Gasteiger partial charge in [0.1, 0.15) is 5.78 Å². The quantitative estimate of drug-likeness (QED) is 0.662. The minimum absolute atomic E-state index is 0.201. The summed E-state index contributed by atoms with van der Waals surface area (Å²) in [7, 11) is 0. The van der Waals surface area contributed by atoms with Crippen molar-refractivity contribution < 1.29 is 4.79 Å². The van der Waals surface area contributed by atoms with Gasteiger partial charge in [-0.05, 0) is 32.3 Å². The summed E-state index contributed by atoms with van der Waals surface area (Å²) < 4.78 is 0. The maximum Gasteiger partial charge on any atom is 0.143 e. The Morgan fingerprint density at radius 2 is 1.86 bits per heavy atom. The molecule has 1 aliphatic carbocycles. The molecule has 14 heavy (non-hydrogen) atoms. The van der Waals surface area contributed by atoms with Gasteiger partial charge in [0.2, 0.25) is 0 Å². The first-order valence-corrected chi connectivity index (χ1v) is 5.23. The van der Waals surface area contributed by atoms with Crippen molar-refractivity contribution in [2.45, 2.75) is 38.5 Å². The van der Waals surface area contributed by atoms with Gasteiger partial charge in [-0.15, -0.1) is 0 Å². The third-order valence-corrected chi connectivity index (χ3v) is 3.38. The summed E-state index contributed by atoms with van der Waals surface area (Å²) in [6.07, 6.45) is 2.81. The minimum Gasteiger partial charge on any atom is -0.299 e. The zero-order chi connectivity index (χ0) is 10.2. The van der Waals surface area contributed by atoms with Crippen molar-refractivity contribution in [3.63, 3.8) is 0 Å². The summed E-state index contributed by atoms with van der Waals surface area (Å²) in [5, 5.41) is 0. The highest BCUT2D eigenvalue weighted by Gasteiger charge is 2.38. The molecule has 1 aliphatic rings. The number of hydrogen-bond acceptors (Lipinski definition) is 1. The average molecular weight is 188 g/mol. The van der Waals surface area contributed by atoms with Crippen molar-refractivity contribution in [1.29, 1.82) is 0 Å². The molecule has 0 heterocycles. The van der Waals surface area contributed by atoms with Crippen molar-refractivity contribution in [1.82, 2.24) is 0 Å². The van der Waals surface area contributed by atoms with E-state index in [2.05, 4.69) is 38.1 Å². The second-order valence-corrected chi connectivity index (χ2v) is 4.47. The summed E-state index contributed by atoms with van der Waals surface area (Å²) >= 11 is 0. The predicted octanol–water partition coefficient (Wildman–Crippen LogP) is 3.01. The van der Waals surface area contributed by atoms with Gasteiger partial charge in [0.15, 0.2) is 0 Å². The van der Waals surface area contributed by atoms with Crippen LogP contribution in [0.1, 0.15) is 37.3 Å². The van der Waals surface area contributed by atoms with Crippen molar-refractivity contribution in [2.24, 2.45) is 0 Å². The Morgan fingerprint density at radius 1 is 1.21 bits per heavy atom. The van der Waals surface area contributed by atoms with E-state index in [0.29, 0.717) is 5.78 Å². The number of benzene rings is 1. The molecule has 0 unspecified atom stereocenters. The number of carbonyl (C=O) groups is 1. The molecule has 1 heteroatoms. The molecule has 0 amide bonds. The van der Waals surface area contributed by atoms with Gasteiger partial charge in [0, 0.05) is 6.42 Å². The highest BCUT2D eigenvalue weighted by molar-refractivity contribution is 5.91. The van der Waals surface area contributed by atoms with E-state index in [1.807, 2.05) is 0 Å². The lowest BCUT2D eigenvalue weighted by atomic mass is 9.80. The van der Waals surface area contributed by atoms with Gasteiger partial charge in [-0.25, -0.2) is 0 Å². The second-order valence-electron chi connectivity index (χ2n) is 4.47. The van der Waals surface area contributed by atoms with E-state index in [1.54, 1.807) is 0 Å². The van der Waals surface area contributed by atoms with E-state index in [1.165, 1.54) is 11.1 Å². The van der Waals surface area contributed by atoms with E-state index in [0.717, 1.165) is 19.3 Å². The largest absolute Gasteiger partial charge is 0.299 e. The molecule has 1 aromatic carbocycles. The van der Waals surface area contributed by atoms with Crippen LogP contribution < -0.4 is 0 Å². The molecule has 1 atom stereocenters. The summed E-state index contributed by atoms with van der Waals surface area (Å²) in [6.45, 7) is 4.15. The van der Waals surface area contributed by atoms with Gasteiger partial charge >= 0.3 is 0 Å². The van der Waals surface area contributed by atoms with Crippen LogP contribution in [0.25, 0.3) is 0 Å². The lowest BCUT2D eigenvalue weighted by molar-refractivity contribution is -0.121. The van der Waals surface area contributed by atoms with Crippen LogP contribution in [-0.4, -0.2) is 5.78 Å². The molecule has 1 fully saturated rings. The van der Waals surface area contributed by atoms with Crippen LogP contribution in [0.5, 0.6) is 0 Å². The molecule has 0 aliphatic heterocycles. The lowest BCUT2D eigenvalue weighted by Crippen LogP contribution is -2.26. The number of carbonyl (C=O) groups excluding carboxylic acids is 1. The van der Waals surface area contributed by atoms with Crippen LogP contribution in [0.2, 0.25) is 0 Å². The van der Waals surface area contributed by atoms with Crippen molar-refractivity contribution in [3.8, 4) is 0 Å². The molecule has 0 aromatic heterocycles. The molecule has 1 aromatic rings. The standard InChI is InChI=1S/C13H16O/c1-10-5-7-11(8-6-10)13(2)9-3-4-12(13)14/h5-8H,3-4,9H2,1-2H3/t13-/m1/s1. The fraction of sp³-hybridized carbons (Fsp3) is 0.462. The van der Waals surface area contributed by atoms with Gasteiger partial charge in [-0.3, -0.25) is 4.79 Å². The first-order valence-electron chi connectivity index (χ1n) is 5.23. The Labute approximate surface area is 85.1 Å². The van der Waals surface area contributed by atoms with Gasteiger partial charge < -0.3 is 0 Å². The average Bonchev–Trinajstić information content (AvgIpc) is 2.49. The zero-order valence-corrected chi connectivity index (χ0v) is 8.84. The fourth-order valence-corrected chi connectivity index (χ4v) is 2.24. The Hall–Kier alpha value is -1.11. The molecule has 0 saturated heterocycles. The summed E-state index contributed by atoms with van der Waals surface area (Å²) in [6, 6.07) is 8.37. The predicted molar refractivity (Wildman–Crippen MR) is 57.4 cm³/mol. The summed E-state index contributed by atoms with van der Waals surface area (Å²) in [5.74, 6) is 0.404. The van der Waals surface area contributed by atoms with Crippen LogP contribution in [0.4, 0.5) is 0 Å². The van der Waals surface area contributed by atoms with Crippen LogP contribution in [0.3, 0.4) is 0 Å². The van der Waals surface area contributed by atoms with Crippen molar-refractivity contribution >= 4 is 5.78 Å². The van der Waals surface area contributed by atoms with Gasteiger partial charge in [-0.2, -0.15) is 0 Å². The molecule has 0 bridgehead atoms. The minimum atomic E-state index is -0.201. The fourth-order valence-electron chi connectivity index (χ4n) is 2.24. The summed E-state index contributed by atoms with van der Waals surface area (Å²) in [4.78, 5) is 11.8. The Balaban J connectivity index is 2.38. The van der Waals surface area contributed by atoms with Crippen molar-refractivity contribution in [3.05, 3.63) is 35.4 Å². The molecule has 0 N–H and O–H groups in total. The third-order valence-electron chi connectivity index (χ3n) is 3.38. The van der Waals surface area contributed by atoms with Crippen LogP contribution in [0.15, 0.2) is 24.3 Å². The molecule has 1 saturated carbocycles. The van der Waals surface area contributed by atoms with Crippen molar-refractivity contribution in [2.75, 3.05) is 0 Å². The number of aryl methyl sites for hydroxylation is 1. The highest BCUT2D eigenvalue weighted by Crippen LogP contribution is 2.37. The van der Waals surface area contributed by atoms with E-state index in [9.17, 15) is 4.79 Å². The normalized spacial score (nSPS) is 26.9. The van der Waals surface area contributed by atoms with E-state index < -0.39 is 0 Å². The van der Waals surface area contributed by atoms with Gasteiger partial charge in [-0.1, -0.05) is 29.8 Å². The molecular formula is C13H16O. The number of rotatable bonds is 1. The smallest absolute Gasteiger partial charge is 0.143 e. The van der Waals surface area contributed by atoms with E-state index in [4.69, 9.17) is 0 Å². The highest BCUT2D eigenvalue weighted by atomic mass is 16.1. The number of ketones is 1. The Bertz CT molecular complexity index is 350. The molecule has 0 radical (unpaired) electrons. The Morgan fingerprint density at radius 3 is 2.36 bits per heavy atom. The monoisotopic (exact) mass is 188 g/mol.